The number of hydrogen-bond donors (Lipinski definition) is 0. The third kappa shape index (κ3) is 4.75. The monoisotopic (exact) mass is 673 g/mol. The quantitative estimate of drug-likeness (QED) is 0.174. The van der Waals surface area contributed by atoms with Crippen molar-refractivity contribution >= 4 is 64.9 Å². The van der Waals surface area contributed by atoms with Gasteiger partial charge < -0.3 is 0 Å². The number of fused-ring (bicyclic) bond motifs is 7. The number of nitrogens with zero attached hydrogens (tertiary/aromatic N) is 3. The van der Waals surface area contributed by atoms with E-state index in [1.807, 2.05) is 12.4 Å². The Hall–Kier alpha value is -7.10. The molecule has 11 aromatic rings. The van der Waals surface area contributed by atoms with Crippen molar-refractivity contribution in [2.24, 2.45) is 0 Å². The van der Waals surface area contributed by atoms with Crippen LogP contribution in [0, 0.1) is 0 Å². The average molecular weight is 674 g/mol. The molecule has 53 heavy (non-hydrogen) atoms. The Kier molecular flexibility index (Phi) is 6.55. The number of pyridine rings is 2. The molecule has 0 aliphatic rings. The van der Waals surface area contributed by atoms with Gasteiger partial charge in [-0.15, -0.1) is 0 Å². The molecule has 8 aromatic carbocycles. The van der Waals surface area contributed by atoms with E-state index >= 15 is 0 Å². The normalized spacial score (nSPS) is 11.8. The molecule has 3 heterocycles. The molecule has 0 saturated heterocycles. The van der Waals surface area contributed by atoms with Gasteiger partial charge in [0.15, 0.2) is 0 Å². The van der Waals surface area contributed by atoms with E-state index in [1.165, 1.54) is 48.7 Å². The minimum absolute atomic E-state index is 0.868. The maximum atomic E-state index is 5.59. The summed E-state index contributed by atoms with van der Waals surface area (Å²) in [4.78, 5) is 10.1. The molecule has 0 saturated carbocycles. The van der Waals surface area contributed by atoms with E-state index in [4.69, 9.17) is 4.98 Å². The van der Waals surface area contributed by atoms with E-state index in [2.05, 4.69) is 185 Å². The summed E-state index contributed by atoms with van der Waals surface area (Å²) in [6.07, 6.45) is 3.83. The summed E-state index contributed by atoms with van der Waals surface area (Å²) in [7, 11) is 0. The summed E-state index contributed by atoms with van der Waals surface area (Å²) in [6, 6.07) is 63.8. The molecule has 0 radical (unpaired) electrons. The van der Waals surface area contributed by atoms with Crippen molar-refractivity contribution in [3.8, 4) is 39.3 Å². The number of hydrogen-bond acceptors (Lipinski definition) is 2. The topological polar surface area (TPSA) is 30.7 Å². The van der Waals surface area contributed by atoms with Gasteiger partial charge in [-0.2, -0.15) is 0 Å². The van der Waals surface area contributed by atoms with Crippen molar-refractivity contribution in [3.63, 3.8) is 0 Å². The highest BCUT2D eigenvalue weighted by atomic mass is 15.1. The minimum Gasteiger partial charge on any atom is -0.294 e. The van der Waals surface area contributed by atoms with Gasteiger partial charge in [0.05, 0.1) is 16.7 Å². The Morgan fingerprint density at radius 3 is 1.77 bits per heavy atom. The third-order valence-corrected chi connectivity index (χ3v) is 10.8. The van der Waals surface area contributed by atoms with Crippen LogP contribution >= 0.6 is 0 Å². The molecule has 3 heteroatoms. The highest BCUT2D eigenvalue weighted by Gasteiger charge is 2.22. The molecule has 0 fully saturated rings. The lowest BCUT2D eigenvalue weighted by atomic mass is 9.84. The lowest BCUT2D eigenvalue weighted by molar-refractivity contribution is 1.08. The number of aromatic nitrogens is 3. The van der Waals surface area contributed by atoms with Gasteiger partial charge >= 0.3 is 0 Å². The van der Waals surface area contributed by atoms with Crippen molar-refractivity contribution in [2.45, 2.75) is 0 Å². The first-order valence-electron chi connectivity index (χ1n) is 18.1. The Morgan fingerprint density at radius 2 is 1.00 bits per heavy atom. The fourth-order valence-corrected chi connectivity index (χ4v) is 8.34. The molecule has 0 amide bonds. The van der Waals surface area contributed by atoms with Gasteiger partial charge in [-0.3, -0.25) is 9.55 Å². The third-order valence-electron chi connectivity index (χ3n) is 10.8. The predicted octanol–water partition coefficient (Wildman–Crippen LogP) is 13.2. The van der Waals surface area contributed by atoms with Crippen LogP contribution in [-0.2, 0) is 0 Å². The van der Waals surface area contributed by atoms with Crippen molar-refractivity contribution in [3.05, 3.63) is 188 Å². The van der Waals surface area contributed by atoms with Crippen molar-refractivity contribution in [1.82, 2.24) is 14.5 Å². The minimum atomic E-state index is 0.868. The van der Waals surface area contributed by atoms with Crippen LogP contribution in [0.25, 0.3) is 104 Å². The van der Waals surface area contributed by atoms with Crippen molar-refractivity contribution in [2.75, 3.05) is 0 Å². The van der Waals surface area contributed by atoms with Gasteiger partial charge in [0.25, 0.3) is 0 Å². The van der Waals surface area contributed by atoms with Crippen LogP contribution < -0.4 is 0 Å². The fourth-order valence-electron chi connectivity index (χ4n) is 8.34. The SMILES string of the molecule is c1cc(-c2c(-c3ccc4ccccc4c3)cc3cc4ccccc4cc3c2-c2ccc3ccccc3c2)nc(-n2c3ccccc3c3cnccc32)c1. The lowest BCUT2D eigenvalue weighted by Crippen LogP contribution is -2.00. The molecule has 0 unspecified atom stereocenters. The first-order valence-corrected chi connectivity index (χ1v) is 18.1. The van der Waals surface area contributed by atoms with Crippen LogP contribution in [-0.4, -0.2) is 14.5 Å². The molecule has 0 aliphatic carbocycles. The summed E-state index contributed by atoms with van der Waals surface area (Å²) in [5.41, 5.74) is 8.88. The Morgan fingerprint density at radius 1 is 0.377 bits per heavy atom. The summed E-state index contributed by atoms with van der Waals surface area (Å²) < 4.78 is 2.27. The van der Waals surface area contributed by atoms with Gasteiger partial charge in [0.2, 0.25) is 0 Å². The molecule has 3 aromatic heterocycles. The van der Waals surface area contributed by atoms with E-state index in [0.717, 1.165) is 55.6 Å². The second kappa shape index (κ2) is 11.7. The van der Waals surface area contributed by atoms with Crippen LogP contribution in [0.4, 0.5) is 0 Å². The highest BCUT2D eigenvalue weighted by molar-refractivity contribution is 6.14. The second-order valence-corrected chi connectivity index (χ2v) is 13.8. The molecule has 3 nitrogen and oxygen atoms in total. The molecule has 0 bridgehead atoms. The van der Waals surface area contributed by atoms with E-state index in [0.29, 0.717) is 0 Å². The van der Waals surface area contributed by atoms with Gasteiger partial charge in [-0.25, -0.2) is 4.98 Å². The van der Waals surface area contributed by atoms with Crippen molar-refractivity contribution < 1.29 is 0 Å². The van der Waals surface area contributed by atoms with Gasteiger partial charge in [-0.05, 0) is 120 Å². The molecule has 11 rings (SSSR count). The molecule has 0 N–H and O–H groups in total. The molecular weight excluding hydrogens is 643 g/mol. The number of para-hydroxylation sites is 1. The number of rotatable bonds is 4. The largest absolute Gasteiger partial charge is 0.294 e. The van der Waals surface area contributed by atoms with Crippen molar-refractivity contribution in [1.29, 1.82) is 0 Å². The van der Waals surface area contributed by atoms with Crippen LogP contribution in [0.1, 0.15) is 0 Å². The average Bonchev–Trinajstić information content (AvgIpc) is 3.56. The molecule has 0 aliphatic heterocycles. The van der Waals surface area contributed by atoms with E-state index in [-0.39, 0.29) is 0 Å². The first kappa shape index (κ1) is 29.6. The standard InChI is InChI=1S/C50H31N3/c1-3-12-34-26-38(22-20-32(34)10-1)42-30-40-28-36-14-5-6-15-37(36)29-43(40)49(39-23-21-33-11-2-4-13-35(33)27-39)50(42)45-17-9-19-48(52-45)53-46-18-8-7-16-41(46)44-31-51-25-24-47(44)53/h1-31H. The van der Waals surface area contributed by atoms with E-state index < -0.39 is 0 Å². The Balaban J connectivity index is 1.28. The summed E-state index contributed by atoms with van der Waals surface area (Å²) in [5.74, 6) is 0.868. The molecule has 246 valence electrons. The lowest BCUT2D eigenvalue weighted by Gasteiger charge is -2.21. The van der Waals surface area contributed by atoms with Crippen LogP contribution in [0.2, 0.25) is 0 Å². The summed E-state index contributed by atoms with van der Waals surface area (Å²) >= 11 is 0. The molecule has 0 spiro atoms. The molecule has 0 atom stereocenters. The smallest absolute Gasteiger partial charge is 0.138 e. The molecular formula is C50H31N3. The maximum absolute atomic E-state index is 5.59. The predicted molar refractivity (Wildman–Crippen MR) is 223 cm³/mol. The fraction of sp³-hybridized carbons (Fsp3) is 0. The first-order chi connectivity index (χ1) is 26.3. The van der Waals surface area contributed by atoms with Crippen LogP contribution in [0.15, 0.2) is 188 Å². The second-order valence-electron chi connectivity index (χ2n) is 13.8. The zero-order valence-corrected chi connectivity index (χ0v) is 28.7. The van der Waals surface area contributed by atoms with Gasteiger partial charge in [0, 0.05) is 28.7 Å². The Labute approximate surface area is 306 Å². The zero-order chi connectivity index (χ0) is 34.9. The highest BCUT2D eigenvalue weighted by Crippen LogP contribution is 2.46. The maximum Gasteiger partial charge on any atom is 0.138 e. The summed E-state index contributed by atoms with van der Waals surface area (Å²) in [6.45, 7) is 0. The van der Waals surface area contributed by atoms with E-state index in [1.54, 1.807) is 0 Å². The zero-order valence-electron chi connectivity index (χ0n) is 28.7. The van der Waals surface area contributed by atoms with Gasteiger partial charge in [0.1, 0.15) is 5.82 Å². The summed E-state index contributed by atoms with van der Waals surface area (Å²) in [5, 5.41) is 12.0. The van der Waals surface area contributed by atoms with Crippen LogP contribution in [0.5, 0.6) is 0 Å². The van der Waals surface area contributed by atoms with Gasteiger partial charge in [-0.1, -0.05) is 121 Å². The van der Waals surface area contributed by atoms with Crippen LogP contribution in [0.3, 0.4) is 0 Å². The van der Waals surface area contributed by atoms with E-state index in [9.17, 15) is 0 Å². The Bertz CT molecular complexity index is 3190. The number of benzene rings is 8.